The number of aliphatic hydroxyl groups is 1. The van der Waals surface area contributed by atoms with Crippen molar-refractivity contribution in [2.45, 2.75) is 12.2 Å². The smallest absolute Gasteiger partial charge is 0.258 e. The van der Waals surface area contributed by atoms with Crippen LogP contribution in [-0.2, 0) is 15.8 Å². The fraction of sp³-hybridized carbons (Fsp3) is 0.273. The average molecular weight is 632 g/mol. The number of nitrogens with zero attached hydrogens (tertiary/aromatic N) is 5. The fourth-order valence-electron chi connectivity index (χ4n) is 5.50. The Kier molecular flexibility index (Phi) is 8.70. The molecule has 0 saturated carbocycles. The van der Waals surface area contributed by atoms with Crippen molar-refractivity contribution >= 4 is 26.6 Å². The molecule has 6 rings (SSSR count). The highest BCUT2D eigenvalue weighted by Crippen LogP contribution is 2.39. The molecule has 2 N–H and O–H groups in total. The number of aromatic nitrogens is 3. The van der Waals surface area contributed by atoms with Gasteiger partial charge in [-0.05, 0) is 42.9 Å². The number of piperazine rings is 1. The molecule has 12 heteroatoms. The maximum atomic E-state index is 14.9. The topological polar surface area (TPSA) is 121 Å². The van der Waals surface area contributed by atoms with Crippen LogP contribution in [0.2, 0.25) is 0 Å². The van der Waals surface area contributed by atoms with Gasteiger partial charge < -0.3 is 24.7 Å². The minimum atomic E-state index is -4.01. The summed E-state index contributed by atoms with van der Waals surface area (Å²) in [7, 11) is -1.93. The monoisotopic (exact) mass is 631 g/mol. The zero-order valence-electron chi connectivity index (χ0n) is 24.8. The fourth-order valence-corrected chi connectivity index (χ4v) is 6.88. The second-order valence-electron chi connectivity index (χ2n) is 11.1. The van der Waals surface area contributed by atoms with Gasteiger partial charge in [-0.1, -0.05) is 42.5 Å². The summed E-state index contributed by atoms with van der Waals surface area (Å²) in [4.78, 5) is 8.84. The number of pyridine rings is 1. The third-order valence-electron chi connectivity index (χ3n) is 7.88. The minimum absolute atomic E-state index is 0.0173. The highest BCUT2D eigenvalue weighted by Gasteiger charge is 2.26. The van der Waals surface area contributed by atoms with Crippen molar-refractivity contribution < 1.29 is 27.8 Å². The van der Waals surface area contributed by atoms with Gasteiger partial charge in [0.25, 0.3) is 10.0 Å². The van der Waals surface area contributed by atoms with Crippen LogP contribution in [0, 0.1) is 5.82 Å². The predicted molar refractivity (Wildman–Crippen MR) is 171 cm³/mol. The van der Waals surface area contributed by atoms with E-state index in [1.54, 1.807) is 30.3 Å². The molecule has 10 nitrogen and oxygen atoms in total. The van der Waals surface area contributed by atoms with E-state index in [4.69, 9.17) is 4.74 Å². The van der Waals surface area contributed by atoms with Gasteiger partial charge in [-0.3, -0.25) is 4.98 Å². The maximum absolute atomic E-state index is 14.9. The number of fused-ring (bicyclic) bond motifs is 1. The van der Waals surface area contributed by atoms with Crippen LogP contribution < -0.4 is 9.64 Å². The molecule has 2 aromatic heterocycles. The Bertz CT molecular complexity index is 1910. The number of ether oxygens (including phenoxy) is 1. The SMILES string of the molecule is CN1CCN(c2ccc(-c3nn(S(=O)(=O)Cc4ccccc4)c4cnc(-c5c(O)cccc5F)cc34)cc2OCCCO)CC1. The van der Waals surface area contributed by atoms with Gasteiger partial charge in [-0.15, -0.1) is 0 Å². The molecule has 0 amide bonds. The number of aliphatic hydroxyl groups excluding tert-OH is 1. The Labute approximate surface area is 261 Å². The van der Waals surface area contributed by atoms with Crippen molar-refractivity contribution in [1.82, 2.24) is 19.1 Å². The molecule has 3 heterocycles. The van der Waals surface area contributed by atoms with Crippen LogP contribution in [0.1, 0.15) is 12.0 Å². The van der Waals surface area contributed by atoms with Crippen molar-refractivity contribution in [2.75, 3.05) is 51.3 Å². The molecule has 0 bridgehead atoms. The molecule has 0 atom stereocenters. The Balaban J connectivity index is 1.51. The van der Waals surface area contributed by atoms with E-state index < -0.39 is 15.8 Å². The first-order valence-corrected chi connectivity index (χ1v) is 16.3. The lowest BCUT2D eigenvalue weighted by Crippen LogP contribution is -2.44. The summed E-state index contributed by atoms with van der Waals surface area (Å²) >= 11 is 0. The van der Waals surface area contributed by atoms with Crippen molar-refractivity contribution in [3.05, 3.63) is 90.4 Å². The number of rotatable bonds is 10. The number of hydrogen-bond donors (Lipinski definition) is 2. The van der Waals surface area contributed by atoms with Crippen LogP contribution in [0.15, 0.2) is 79.0 Å². The molecule has 0 unspecified atom stereocenters. The zero-order chi connectivity index (χ0) is 31.6. The summed E-state index contributed by atoms with van der Waals surface area (Å²) < 4.78 is 49.5. The quantitative estimate of drug-likeness (QED) is 0.215. The second-order valence-corrected chi connectivity index (χ2v) is 12.9. The van der Waals surface area contributed by atoms with Crippen LogP contribution in [0.25, 0.3) is 33.4 Å². The minimum Gasteiger partial charge on any atom is -0.507 e. The molecular weight excluding hydrogens is 597 g/mol. The zero-order valence-corrected chi connectivity index (χ0v) is 25.6. The number of phenolic OH excluding ortho intramolecular Hbond substituents is 1. The van der Waals surface area contributed by atoms with Crippen LogP contribution in [-0.4, -0.2) is 84.1 Å². The first-order chi connectivity index (χ1) is 21.7. The standard InChI is InChI=1S/C33H34FN5O5S/c1-37-13-15-38(16-14-37)28-12-11-24(19-31(28)44-18-6-17-40)33-25-20-27(32-26(34)9-5-10-30(32)41)35-21-29(25)39(36-33)45(42,43)22-23-7-3-2-4-8-23/h2-5,7-12,19-21,40-41H,6,13-18,22H2,1H3. The molecule has 1 saturated heterocycles. The number of aromatic hydroxyl groups is 1. The van der Waals surface area contributed by atoms with Gasteiger partial charge in [0.05, 0.1) is 35.5 Å². The van der Waals surface area contributed by atoms with E-state index in [0.29, 0.717) is 41.0 Å². The normalized spacial score (nSPS) is 14.2. The van der Waals surface area contributed by atoms with Gasteiger partial charge in [-0.2, -0.15) is 9.19 Å². The van der Waals surface area contributed by atoms with Gasteiger partial charge in [0.15, 0.2) is 0 Å². The summed E-state index contributed by atoms with van der Waals surface area (Å²) in [5.41, 5.74) is 2.66. The second kappa shape index (κ2) is 12.8. The van der Waals surface area contributed by atoms with Crippen molar-refractivity contribution in [1.29, 1.82) is 0 Å². The lowest BCUT2D eigenvalue weighted by molar-refractivity contribution is 0.233. The molecule has 1 fully saturated rings. The van der Waals surface area contributed by atoms with Gasteiger partial charge in [0, 0.05) is 50.2 Å². The van der Waals surface area contributed by atoms with Crippen LogP contribution in [0.4, 0.5) is 10.1 Å². The third-order valence-corrected chi connectivity index (χ3v) is 9.38. The Hall–Kier alpha value is -4.52. The average Bonchev–Trinajstić information content (AvgIpc) is 3.42. The predicted octanol–water partition coefficient (Wildman–Crippen LogP) is 4.50. The largest absolute Gasteiger partial charge is 0.507 e. The van der Waals surface area contributed by atoms with Crippen molar-refractivity contribution in [3.63, 3.8) is 0 Å². The molecule has 3 aromatic carbocycles. The van der Waals surface area contributed by atoms with E-state index in [-0.39, 0.29) is 34.9 Å². The molecule has 1 aliphatic rings. The van der Waals surface area contributed by atoms with Gasteiger partial charge >= 0.3 is 0 Å². The van der Waals surface area contributed by atoms with E-state index in [9.17, 15) is 23.0 Å². The van der Waals surface area contributed by atoms with E-state index >= 15 is 0 Å². The van der Waals surface area contributed by atoms with Gasteiger partial charge in [0.2, 0.25) is 0 Å². The lowest BCUT2D eigenvalue weighted by atomic mass is 10.0. The molecule has 0 radical (unpaired) electrons. The highest BCUT2D eigenvalue weighted by molar-refractivity contribution is 7.89. The van der Waals surface area contributed by atoms with E-state index in [0.717, 1.165) is 36.0 Å². The summed E-state index contributed by atoms with van der Waals surface area (Å²) in [6.45, 7) is 3.68. The summed E-state index contributed by atoms with van der Waals surface area (Å²) in [6, 6.07) is 20.0. The van der Waals surface area contributed by atoms with E-state index in [1.165, 1.54) is 24.4 Å². The lowest BCUT2D eigenvalue weighted by Gasteiger charge is -2.35. The van der Waals surface area contributed by atoms with Crippen LogP contribution in [0.3, 0.4) is 0 Å². The number of anilines is 1. The maximum Gasteiger partial charge on any atom is 0.258 e. The number of likely N-dealkylation sites (N-methyl/N-ethyl adjacent to an activating group) is 1. The van der Waals surface area contributed by atoms with Crippen LogP contribution in [0.5, 0.6) is 11.5 Å². The van der Waals surface area contributed by atoms with E-state index in [1.807, 2.05) is 24.3 Å². The molecule has 5 aromatic rings. The molecule has 1 aliphatic heterocycles. The summed E-state index contributed by atoms with van der Waals surface area (Å²) in [5.74, 6) is -0.661. The van der Waals surface area contributed by atoms with Crippen molar-refractivity contribution in [3.8, 4) is 34.0 Å². The third kappa shape index (κ3) is 6.35. The van der Waals surface area contributed by atoms with Crippen molar-refractivity contribution in [2.24, 2.45) is 0 Å². The molecule has 0 aliphatic carbocycles. The van der Waals surface area contributed by atoms with Gasteiger partial charge in [0.1, 0.15) is 28.5 Å². The number of hydrogen-bond acceptors (Lipinski definition) is 9. The molecule has 234 valence electrons. The Morgan fingerprint density at radius 1 is 0.978 bits per heavy atom. The molecule has 0 spiro atoms. The molecule has 45 heavy (non-hydrogen) atoms. The Morgan fingerprint density at radius 3 is 2.49 bits per heavy atom. The summed E-state index contributed by atoms with van der Waals surface area (Å²) in [5, 5.41) is 24.9. The number of phenols is 1. The highest BCUT2D eigenvalue weighted by atomic mass is 32.2. The first kappa shape index (κ1) is 30.5. The molecular formula is C33H34FN5O5S. The first-order valence-electron chi connectivity index (χ1n) is 14.7. The van der Waals surface area contributed by atoms with Gasteiger partial charge in [-0.25, -0.2) is 12.8 Å². The summed E-state index contributed by atoms with van der Waals surface area (Å²) in [6.07, 6.45) is 1.79. The van der Waals surface area contributed by atoms with E-state index in [2.05, 4.69) is 26.9 Å². The van der Waals surface area contributed by atoms with Crippen LogP contribution >= 0.6 is 0 Å². The number of benzene rings is 3. The Morgan fingerprint density at radius 2 is 1.76 bits per heavy atom. The number of halogens is 1.